The van der Waals surface area contributed by atoms with Crippen molar-refractivity contribution < 1.29 is 9.53 Å². The number of hydrogen-bond donors (Lipinski definition) is 0. The molecule has 0 saturated heterocycles. The van der Waals surface area contributed by atoms with Crippen molar-refractivity contribution in [3.05, 3.63) is 44.7 Å². The van der Waals surface area contributed by atoms with E-state index in [0.29, 0.717) is 10.7 Å². The normalized spacial score (nSPS) is 10.8. The fraction of sp³-hybridized carbons (Fsp3) is 0.143. The summed E-state index contributed by atoms with van der Waals surface area (Å²) in [5.74, 6) is -0.403. The minimum atomic E-state index is -0.501. The van der Waals surface area contributed by atoms with E-state index in [9.17, 15) is 9.70 Å². The zero-order chi connectivity index (χ0) is 15.7. The van der Waals surface area contributed by atoms with Crippen LogP contribution in [0.25, 0.3) is 16.2 Å². The molecule has 0 amide bonds. The van der Waals surface area contributed by atoms with Crippen LogP contribution in [-0.2, 0) is 4.74 Å². The van der Waals surface area contributed by atoms with Gasteiger partial charge in [0.05, 0.1) is 6.61 Å². The van der Waals surface area contributed by atoms with E-state index in [1.165, 1.54) is 15.7 Å². The van der Waals surface area contributed by atoms with Crippen LogP contribution >= 0.6 is 27.3 Å². The molecule has 0 fully saturated rings. The smallest absolute Gasteiger partial charge is 0.356 e. The van der Waals surface area contributed by atoms with Crippen molar-refractivity contribution in [2.75, 3.05) is 6.61 Å². The van der Waals surface area contributed by atoms with E-state index in [1.54, 1.807) is 12.3 Å². The quantitative estimate of drug-likeness (QED) is 0.497. The van der Waals surface area contributed by atoms with E-state index < -0.39 is 5.97 Å². The summed E-state index contributed by atoms with van der Waals surface area (Å²) in [7, 11) is 0. The van der Waals surface area contributed by atoms with Gasteiger partial charge in [0.2, 0.25) is 5.82 Å². The SMILES string of the molecule is CCOC(=O)c1csc2nc(-c3ccc(Br)cc3)c(N=O)n12. The van der Waals surface area contributed by atoms with Crippen LogP contribution in [0.3, 0.4) is 0 Å². The van der Waals surface area contributed by atoms with Crippen molar-refractivity contribution in [1.82, 2.24) is 9.38 Å². The predicted octanol–water partition coefficient (Wildman–Crippen LogP) is 4.40. The van der Waals surface area contributed by atoms with Crippen molar-refractivity contribution in [2.45, 2.75) is 6.92 Å². The Morgan fingerprint density at radius 1 is 1.41 bits per heavy atom. The van der Waals surface area contributed by atoms with Gasteiger partial charge >= 0.3 is 5.97 Å². The number of thiazole rings is 1. The third kappa shape index (κ3) is 2.44. The zero-order valence-electron chi connectivity index (χ0n) is 11.4. The Kier molecular flexibility index (Phi) is 4.04. The van der Waals surface area contributed by atoms with Crippen molar-refractivity contribution in [2.24, 2.45) is 5.18 Å². The molecule has 1 aromatic carbocycles. The third-order valence-corrected chi connectivity index (χ3v) is 4.38. The largest absolute Gasteiger partial charge is 0.461 e. The molecular formula is C14H10BrN3O3S. The number of rotatable bonds is 4. The second-order valence-corrected chi connectivity index (χ2v) is 6.09. The van der Waals surface area contributed by atoms with Crippen LogP contribution in [0.5, 0.6) is 0 Å². The molecule has 0 radical (unpaired) electrons. The summed E-state index contributed by atoms with van der Waals surface area (Å²) in [6.07, 6.45) is 0. The van der Waals surface area contributed by atoms with Gasteiger partial charge in [-0.2, -0.15) is 0 Å². The molecule has 0 aliphatic heterocycles. The van der Waals surface area contributed by atoms with Gasteiger partial charge in [0.15, 0.2) is 4.96 Å². The van der Waals surface area contributed by atoms with E-state index in [1.807, 2.05) is 24.3 Å². The van der Waals surface area contributed by atoms with Crippen LogP contribution in [0.4, 0.5) is 5.82 Å². The van der Waals surface area contributed by atoms with E-state index in [2.05, 4.69) is 26.1 Å². The van der Waals surface area contributed by atoms with Gasteiger partial charge in [-0.1, -0.05) is 28.1 Å². The summed E-state index contributed by atoms with van der Waals surface area (Å²) >= 11 is 4.62. The molecule has 0 aliphatic rings. The Morgan fingerprint density at radius 3 is 2.77 bits per heavy atom. The number of carbonyl (C=O) groups is 1. The first-order valence-corrected chi connectivity index (χ1v) is 8.09. The molecule has 112 valence electrons. The number of fused-ring (bicyclic) bond motifs is 1. The van der Waals surface area contributed by atoms with E-state index in [0.717, 1.165) is 10.0 Å². The Hall–Kier alpha value is -2.06. The summed E-state index contributed by atoms with van der Waals surface area (Å²) < 4.78 is 7.35. The van der Waals surface area contributed by atoms with Crippen molar-refractivity contribution >= 4 is 44.0 Å². The highest BCUT2D eigenvalue weighted by molar-refractivity contribution is 9.10. The predicted molar refractivity (Wildman–Crippen MR) is 87.6 cm³/mol. The molecule has 0 aliphatic carbocycles. The number of halogens is 1. The van der Waals surface area contributed by atoms with Gasteiger partial charge in [-0.3, -0.25) is 4.40 Å². The zero-order valence-corrected chi connectivity index (χ0v) is 13.8. The van der Waals surface area contributed by atoms with Crippen LogP contribution in [0.15, 0.2) is 39.3 Å². The Labute approximate surface area is 137 Å². The maximum Gasteiger partial charge on any atom is 0.356 e. The van der Waals surface area contributed by atoms with Crippen molar-refractivity contribution in [3.8, 4) is 11.3 Å². The van der Waals surface area contributed by atoms with E-state index >= 15 is 0 Å². The highest BCUT2D eigenvalue weighted by Gasteiger charge is 2.22. The molecule has 2 heterocycles. The number of hydrogen-bond acceptors (Lipinski definition) is 6. The number of ether oxygens (including phenoxy) is 1. The third-order valence-electron chi connectivity index (χ3n) is 3.03. The van der Waals surface area contributed by atoms with Crippen molar-refractivity contribution in [1.29, 1.82) is 0 Å². The number of benzene rings is 1. The Bertz CT molecular complexity index is 854. The van der Waals surface area contributed by atoms with Gasteiger partial charge in [0, 0.05) is 15.4 Å². The van der Waals surface area contributed by atoms with E-state index in [-0.39, 0.29) is 18.1 Å². The van der Waals surface area contributed by atoms with Gasteiger partial charge < -0.3 is 4.74 Å². The first-order chi connectivity index (χ1) is 10.7. The second-order valence-electron chi connectivity index (χ2n) is 4.34. The fourth-order valence-corrected chi connectivity index (χ4v) is 3.20. The summed E-state index contributed by atoms with van der Waals surface area (Å²) in [6, 6.07) is 7.36. The number of nitroso groups, excluding NO2 is 1. The molecule has 0 bridgehead atoms. The van der Waals surface area contributed by atoms with Gasteiger partial charge in [-0.25, -0.2) is 9.78 Å². The molecule has 0 atom stereocenters. The summed E-state index contributed by atoms with van der Waals surface area (Å²) in [6.45, 7) is 1.98. The minimum Gasteiger partial charge on any atom is -0.461 e. The summed E-state index contributed by atoms with van der Waals surface area (Å²) in [5, 5.41) is 4.68. The lowest BCUT2D eigenvalue weighted by Crippen LogP contribution is -2.07. The van der Waals surface area contributed by atoms with Crippen LogP contribution in [0, 0.1) is 4.91 Å². The van der Waals surface area contributed by atoms with Gasteiger partial charge in [-0.05, 0) is 24.2 Å². The van der Waals surface area contributed by atoms with Crippen LogP contribution in [0.1, 0.15) is 17.4 Å². The monoisotopic (exact) mass is 379 g/mol. The molecule has 8 heteroatoms. The molecule has 3 rings (SSSR count). The summed E-state index contributed by atoms with van der Waals surface area (Å²) in [4.78, 5) is 28.2. The molecule has 0 N–H and O–H groups in total. The van der Waals surface area contributed by atoms with E-state index in [4.69, 9.17) is 4.74 Å². The lowest BCUT2D eigenvalue weighted by molar-refractivity contribution is 0.0519. The number of aromatic nitrogens is 2. The van der Waals surface area contributed by atoms with Crippen LogP contribution in [0.2, 0.25) is 0 Å². The fourth-order valence-electron chi connectivity index (χ4n) is 2.08. The number of esters is 1. The van der Waals surface area contributed by atoms with Gasteiger partial charge in [-0.15, -0.1) is 16.2 Å². The topological polar surface area (TPSA) is 73.0 Å². The Balaban J connectivity index is 2.19. The molecule has 2 aromatic heterocycles. The highest BCUT2D eigenvalue weighted by atomic mass is 79.9. The molecule has 0 spiro atoms. The van der Waals surface area contributed by atoms with Crippen LogP contribution in [-0.4, -0.2) is 22.0 Å². The average Bonchev–Trinajstić information content (AvgIpc) is 3.06. The first-order valence-electron chi connectivity index (χ1n) is 6.42. The minimum absolute atomic E-state index is 0.0987. The molecule has 0 unspecified atom stereocenters. The molecule has 6 nitrogen and oxygen atoms in total. The van der Waals surface area contributed by atoms with Crippen molar-refractivity contribution in [3.63, 3.8) is 0 Å². The van der Waals surface area contributed by atoms with Gasteiger partial charge in [0.1, 0.15) is 11.4 Å². The lowest BCUT2D eigenvalue weighted by Gasteiger charge is -2.01. The standard InChI is InChI=1S/C14H10BrN3O3S/c1-2-21-13(19)10-7-22-14-16-11(12(17-20)18(10)14)8-3-5-9(15)6-4-8/h3-7H,2H2,1H3. The second kappa shape index (κ2) is 5.98. The molecule has 3 aromatic rings. The Morgan fingerprint density at radius 2 is 2.14 bits per heavy atom. The van der Waals surface area contributed by atoms with Crippen LogP contribution < -0.4 is 0 Å². The molecule has 22 heavy (non-hydrogen) atoms. The average molecular weight is 380 g/mol. The number of imidazole rings is 1. The number of carbonyl (C=O) groups excluding carboxylic acids is 1. The maximum atomic E-state index is 12.0. The lowest BCUT2D eigenvalue weighted by atomic mass is 10.1. The maximum absolute atomic E-state index is 12.0. The summed E-state index contributed by atoms with van der Waals surface area (Å²) in [5.41, 5.74) is 1.45. The first kappa shape index (κ1) is 14.9. The highest BCUT2D eigenvalue weighted by Crippen LogP contribution is 2.34. The van der Waals surface area contributed by atoms with Gasteiger partial charge in [0.25, 0.3) is 0 Å². The molecular weight excluding hydrogens is 370 g/mol. The number of nitrogens with zero attached hydrogens (tertiary/aromatic N) is 3. The molecule has 0 saturated carbocycles.